The van der Waals surface area contributed by atoms with Gasteiger partial charge in [-0.2, -0.15) is 0 Å². The first-order chi connectivity index (χ1) is 9.22. The van der Waals surface area contributed by atoms with E-state index < -0.39 is 0 Å². The van der Waals surface area contributed by atoms with Crippen LogP contribution in [-0.4, -0.2) is 23.9 Å². The number of hydrogen-bond acceptors (Lipinski definition) is 2. The SMILES string of the molecule is CC1CCCCC1N(C)C(=Nc1ccccc1)NN. The predicted molar refractivity (Wildman–Crippen MR) is 80.0 cm³/mol. The minimum atomic E-state index is 0.521. The molecule has 1 fully saturated rings. The van der Waals surface area contributed by atoms with Gasteiger partial charge >= 0.3 is 0 Å². The van der Waals surface area contributed by atoms with E-state index in [0.717, 1.165) is 11.6 Å². The number of nitrogens with one attached hydrogen (secondary N) is 1. The lowest BCUT2D eigenvalue weighted by Gasteiger charge is -2.37. The molecule has 1 aromatic carbocycles. The number of aliphatic imine (C=N–C) groups is 1. The summed E-state index contributed by atoms with van der Waals surface area (Å²) in [6.45, 7) is 2.32. The van der Waals surface area contributed by atoms with E-state index in [0.29, 0.717) is 12.0 Å². The standard InChI is InChI=1S/C15H24N4/c1-12-8-6-7-11-14(12)19(2)15(18-16)17-13-9-4-3-5-10-13/h3-5,9-10,12,14H,6-8,11,16H2,1-2H3,(H,17,18). The minimum absolute atomic E-state index is 0.521. The van der Waals surface area contributed by atoms with Crippen LogP contribution < -0.4 is 11.3 Å². The summed E-state index contributed by atoms with van der Waals surface area (Å²) < 4.78 is 0. The summed E-state index contributed by atoms with van der Waals surface area (Å²) in [5, 5.41) is 0. The van der Waals surface area contributed by atoms with Crippen LogP contribution in [-0.2, 0) is 0 Å². The molecular weight excluding hydrogens is 236 g/mol. The van der Waals surface area contributed by atoms with E-state index in [4.69, 9.17) is 5.84 Å². The van der Waals surface area contributed by atoms with Gasteiger partial charge in [-0.05, 0) is 30.9 Å². The summed E-state index contributed by atoms with van der Waals surface area (Å²) in [7, 11) is 2.08. The highest BCUT2D eigenvalue weighted by molar-refractivity contribution is 5.82. The van der Waals surface area contributed by atoms with Gasteiger partial charge in [-0.1, -0.05) is 38.0 Å². The third kappa shape index (κ3) is 3.47. The Balaban J connectivity index is 2.14. The predicted octanol–water partition coefficient (Wildman–Crippen LogP) is 2.65. The van der Waals surface area contributed by atoms with Crippen molar-refractivity contribution in [2.24, 2.45) is 16.8 Å². The number of hydrogen-bond donors (Lipinski definition) is 2. The summed E-state index contributed by atoms with van der Waals surface area (Å²) >= 11 is 0. The molecule has 0 aromatic heterocycles. The molecule has 0 radical (unpaired) electrons. The summed E-state index contributed by atoms with van der Waals surface area (Å²) in [6.07, 6.45) is 5.14. The molecule has 0 saturated heterocycles. The molecule has 0 amide bonds. The molecule has 0 bridgehead atoms. The van der Waals surface area contributed by atoms with E-state index in [9.17, 15) is 0 Å². The van der Waals surface area contributed by atoms with Gasteiger partial charge in [0.2, 0.25) is 5.96 Å². The van der Waals surface area contributed by atoms with Gasteiger partial charge in [0.25, 0.3) is 0 Å². The van der Waals surface area contributed by atoms with Crippen molar-refractivity contribution in [1.29, 1.82) is 0 Å². The molecule has 1 aromatic rings. The summed E-state index contributed by atoms with van der Waals surface area (Å²) in [6, 6.07) is 10.4. The smallest absolute Gasteiger partial charge is 0.213 e. The van der Waals surface area contributed by atoms with Crippen LogP contribution in [0.5, 0.6) is 0 Å². The average molecular weight is 260 g/mol. The molecule has 3 N–H and O–H groups in total. The van der Waals surface area contributed by atoms with Gasteiger partial charge in [0.05, 0.1) is 5.69 Å². The van der Waals surface area contributed by atoms with Crippen molar-refractivity contribution >= 4 is 11.6 Å². The van der Waals surface area contributed by atoms with Crippen LogP contribution in [0.4, 0.5) is 5.69 Å². The topological polar surface area (TPSA) is 53.6 Å². The van der Waals surface area contributed by atoms with Crippen molar-refractivity contribution in [1.82, 2.24) is 10.3 Å². The van der Waals surface area contributed by atoms with Crippen molar-refractivity contribution < 1.29 is 0 Å². The quantitative estimate of drug-likeness (QED) is 0.372. The van der Waals surface area contributed by atoms with Crippen molar-refractivity contribution in [2.75, 3.05) is 7.05 Å². The van der Waals surface area contributed by atoms with Crippen LogP contribution in [0, 0.1) is 5.92 Å². The first-order valence-electron chi connectivity index (χ1n) is 7.05. The van der Waals surface area contributed by atoms with E-state index in [1.807, 2.05) is 30.3 Å². The number of para-hydroxylation sites is 1. The maximum atomic E-state index is 5.65. The second-order valence-electron chi connectivity index (χ2n) is 5.36. The Kier molecular flexibility index (Phi) is 4.80. The molecule has 1 aliphatic carbocycles. The van der Waals surface area contributed by atoms with Gasteiger partial charge < -0.3 is 4.90 Å². The number of nitrogens with two attached hydrogens (primary N) is 1. The summed E-state index contributed by atoms with van der Waals surface area (Å²) in [5.41, 5.74) is 3.67. The third-order valence-electron chi connectivity index (χ3n) is 4.02. The molecule has 0 aliphatic heterocycles. The third-order valence-corrected chi connectivity index (χ3v) is 4.02. The lowest BCUT2D eigenvalue weighted by molar-refractivity contribution is 0.201. The first kappa shape index (κ1) is 13.9. The van der Waals surface area contributed by atoms with Crippen molar-refractivity contribution in [2.45, 2.75) is 38.6 Å². The van der Waals surface area contributed by atoms with Crippen LogP contribution in [0.2, 0.25) is 0 Å². The second-order valence-corrected chi connectivity index (χ2v) is 5.36. The fourth-order valence-corrected chi connectivity index (χ4v) is 2.87. The molecule has 0 spiro atoms. The van der Waals surface area contributed by atoms with Crippen LogP contribution in [0.15, 0.2) is 35.3 Å². The summed E-state index contributed by atoms with van der Waals surface area (Å²) in [4.78, 5) is 6.78. The molecule has 2 unspecified atom stereocenters. The zero-order chi connectivity index (χ0) is 13.7. The van der Waals surface area contributed by atoms with E-state index in [1.54, 1.807) is 0 Å². The van der Waals surface area contributed by atoms with E-state index in [2.05, 4.69) is 29.3 Å². The van der Waals surface area contributed by atoms with E-state index in [-0.39, 0.29) is 0 Å². The highest BCUT2D eigenvalue weighted by Crippen LogP contribution is 2.27. The van der Waals surface area contributed by atoms with Crippen molar-refractivity contribution in [3.8, 4) is 0 Å². The molecule has 2 rings (SSSR count). The Morgan fingerprint density at radius 2 is 1.95 bits per heavy atom. The molecule has 1 saturated carbocycles. The normalized spacial score (nSPS) is 24.1. The first-order valence-corrected chi connectivity index (χ1v) is 7.05. The van der Waals surface area contributed by atoms with Crippen LogP contribution in [0.25, 0.3) is 0 Å². The maximum Gasteiger partial charge on any atom is 0.213 e. The van der Waals surface area contributed by atoms with Crippen molar-refractivity contribution in [3.63, 3.8) is 0 Å². The molecule has 1 aliphatic rings. The molecule has 19 heavy (non-hydrogen) atoms. The lowest BCUT2D eigenvalue weighted by Crippen LogP contribution is -2.50. The fourth-order valence-electron chi connectivity index (χ4n) is 2.87. The molecular formula is C15H24N4. The Bertz CT molecular complexity index is 415. The van der Waals surface area contributed by atoms with Crippen LogP contribution in [0.3, 0.4) is 0 Å². The van der Waals surface area contributed by atoms with E-state index in [1.165, 1.54) is 25.7 Å². The molecule has 2 atom stereocenters. The Labute approximate surface area is 115 Å². The van der Waals surface area contributed by atoms with Gasteiger partial charge in [-0.3, -0.25) is 5.43 Å². The van der Waals surface area contributed by atoms with Crippen molar-refractivity contribution in [3.05, 3.63) is 30.3 Å². The average Bonchev–Trinajstić information content (AvgIpc) is 2.46. The Morgan fingerprint density at radius 3 is 2.58 bits per heavy atom. The summed E-state index contributed by atoms with van der Waals surface area (Å²) in [5.74, 6) is 7.08. The van der Waals surface area contributed by atoms with Gasteiger partial charge in [-0.15, -0.1) is 0 Å². The maximum absolute atomic E-state index is 5.65. The number of rotatable bonds is 2. The van der Waals surface area contributed by atoms with Crippen LogP contribution in [0.1, 0.15) is 32.6 Å². The van der Waals surface area contributed by atoms with Gasteiger partial charge in [-0.25, -0.2) is 10.8 Å². The minimum Gasteiger partial charge on any atom is -0.341 e. The fraction of sp³-hybridized carbons (Fsp3) is 0.533. The number of guanidine groups is 1. The molecule has 104 valence electrons. The number of benzene rings is 1. The van der Waals surface area contributed by atoms with Gasteiger partial charge in [0.15, 0.2) is 0 Å². The molecule has 4 nitrogen and oxygen atoms in total. The molecule has 4 heteroatoms. The second kappa shape index (κ2) is 6.57. The highest BCUT2D eigenvalue weighted by atomic mass is 15.4. The Hall–Kier alpha value is -1.55. The largest absolute Gasteiger partial charge is 0.341 e. The zero-order valence-electron chi connectivity index (χ0n) is 11.8. The number of nitrogens with zero attached hydrogens (tertiary/aromatic N) is 2. The number of hydrazine groups is 1. The highest BCUT2D eigenvalue weighted by Gasteiger charge is 2.26. The van der Waals surface area contributed by atoms with Gasteiger partial charge in [0.1, 0.15) is 0 Å². The molecule has 0 heterocycles. The van der Waals surface area contributed by atoms with E-state index >= 15 is 0 Å². The lowest BCUT2D eigenvalue weighted by atomic mass is 9.85. The van der Waals surface area contributed by atoms with Crippen LogP contribution >= 0.6 is 0 Å². The monoisotopic (exact) mass is 260 g/mol. The Morgan fingerprint density at radius 1 is 1.26 bits per heavy atom. The zero-order valence-corrected chi connectivity index (χ0v) is 11.8. The van der Waals surface area contributed by atoms with Gasteiger partial charge in [0, 0.05) is 13.1 Å².